The minimum absolute atomic E-state index is 0.887. The number of pyridine rings is 1. The summed E-state index contributed by atoms with van der Waals surface area (Å²) in [5, 5.41) is 3.21. The SMILES string of the molecule is CCNc1cc(Sc2cccc(Br)c2)ccn1. The fourth-order valence-electron chi connectivity index (χ4n) is 1.42. The highest BCUT2D eigenvalue weighted by atomic mass is 79.9. The molecule has 2 rings (SSSR count). The molecule has 0 unspecified atom stereocenters. The van der Waals surface area contributed by atoms with E-state index in [1.807, 2.05) is 24.4 Å². The third-order valence-corrected chi connectivity index (χ3v) is 3.59. The first-order valence-corrected chi connectivity index (χ1v) is 7.02. The second-order valence-electron chi connectivity index (χ2n) is 3.47. The van der Waals surface area contributed by atoms with Gasteiger partial charge >= 0.3 is 0 Å². The molecule has 4 heteroatoms. The number of aromatic nitrogens is 1. The van der Waals surface area contributed by atoms with Gasteiger partial charge in [-0.2, -0.15) is 0 Å². The number of hydrogen-bond donors (Lipinski definition) is 1. The highest BCUT2D eigenvalue weighted by molar-refractivity contribution is 9.10. The minimum Gasteiger partial charge on any atom is -0.370 e. The lowest BCUT2D eigenvalue weighted by Gasteiger charge is -2.05. The van der Waals surface area contributed by atoms with Gasteiger partial charge in [0.25, 0.3) is 0 Å². The molecule has 0 fully saturated rings. The number of benzene rings is 1. The van der Waals surface area contributed by atoms with Crippen LogP contribution < -0.4 is 5.32 Å². The van der Waals surface area contributed by atoms with Crippen molar-refractivity contribution in [2.45, 2.75) is 16.7 Å². The maximum Gasteiger partial charge on any atom is 0.126 e. The molecule has 2 nitrogen and oxygen atoms in total. The average Bonchev–Trinajstić information content (AvgIpc) is 2.30. The molecule has 0 aliphatic carbocycles. The predicted molar refractivity (Wildman–Crippen MR) is 76.7 cm³/mol. The molecule has 17 heavy (non-hydrogen) atoms. The van der Waals surface area contributed by atoms with Crippen LogP contribution in [0.3, 0.4) is 0 Å². The number of nitrogens with one attached hydrogen (secondary N) is 1. The maximum atomic E-state index is 4.25. The van der Waals surface area contributed by atoms with Crippen LogP contribution in [-0.4, -0.2) is 11.5 Å². The Labute approximate surface area is 114 Å². The van der Waals surface area contributed by atoms with Gasteiger partial charge in [0.1, 0.15) is 5.82 Å². The molecular formula is C13H13BrN2S. The van der Waals surface area contributed by atoms with Gasteiger partial charge < -0.3 is 5.32 Å². The molecule has 0 atom stereocenters. The topological polar surface area (TPSA) is 24.9 Å². The zero-order valence-corrected chi connectivity index (χ0v) is 11.9. The van der Waals surface area contributed by atoms with Crippen LogP contribution in [0, 0.1) is 0 Å². The zero-order chi connectivity index (χ0) is 12.1. The monoisotopic (exact) mass is 308 g/mol. The normalized spacial score (nSPS) is 10.2. The maximum absolute atomic E-state index is 4.25. The number of hydrogen-bond acceptors (Lipinski definition) is 3. The summed E-state index contributed by atoms with van der Waals surface area (Å²) < 4.78 is 1.10. The molecule has 0 aliphatic rings. The number of rotatable bonds is 4. The summed E-state index contributed by atoms with van der Waals surface area (Å²) in [4.78, 5) is 6.66. The van der Waals surface area contributed by atoms with Gasteiger partial charge in [-0.1, -0.05) is 33.8 Å². The van der Waals surface area contributed by atoms with Crippen LogP contribution in [0.2, 0.25) is 0 Å². The van der Waals surface area contributed by atoms with E-state index in [4.69, 9.17) is 0 Å². The summed E-state index contributed by atoms with van der Waals surface area (Å²) in [6.07, 6.45) is 1.83. The Morgan fingerprint density at radius 2 is 2.06 bits per heavy atom. The first-order chi connectivity index (χ1) is 8.28. The van der Waals surface area contributed by atoms with E-state index in [9.17, 15) is 0 Å². The molecule has 1 aromatic heterocycles. The van der Waals surface area contributed by atoms with Crippen molar-refractivity contribution in [2.24, 2.45) is 0 Å². The van der Waals surface area contributed by atoms with Gasteiger partial charge in [-0.25, -0.2) is 4.98 Å². The number of anilines is 1. The lowest BCUT2D eigenvalue weighted by atomic mass is 10.4. The van der Waals surface area contributed by atoms with Crippen LogP contribution in [0.5, 0.6) is 0 Å². The molecule has 0 spiro atoms. The summed E-state index contributed by atoms with van der Waals surface area (Å²) in [5.41, 5.74) is 0. The summed E-state index contributed by atoms with van der Waals surface area (Å²) in [6.45, 7) is 2.95. The molecule has 1 heterocycles. The van der Waals surface area contributed by atoms with Crippen molar-refractivity contribution in [1.82, 2.24) is 4.98 Å². The molecule has 0 amide bonds. The standard InChI is InChI=1S/C13H13BrN2S/c1-2-15-13-9-12(6-7-16-13)17-11-5-3-4-10(14)8-11/h3-9H,2H2,1H3,(H,15,16). The number of halogens is 1. The Balaban J connectivity index is 2.15. The van der Waals surface area contributed by atoms with Crippen LogP contribution >= 0.6 is 27.7 Å². The molecule has 1 N–H and O–H groups in total. The molecule has 0 saturated heterocycles. The van der Waals surface area contributed by atoms with E-state index in [1.54, 1.807) is 11.8 Å². The van der Waals surface area contributed by atoms with E-state index in [1.165, 1.54) is 9.79 Å². The molecule has 0 saturated carbocycles. The van der Waals surface area contributed by atoms with Gasteiger partial charge in [0, 0.05) is 27.0 Å². The van der Waals surface area contributed by atoms with Crippen LogP contribution in [0.1, 0.15) is 6.92 Å². The van der Waals surface area contributed by atoms with Crippen molar-refractivity contribution in [3.63, 3.8) is 0 Å². The minimum atomic E-state index is 0.887. The smallest absolute Gasteiger partial charge is 0.126 e. The van der Waals surface area contributed by atoms with E-state index in [2.05, 4.69) is 51.4 Å². The molecule has 0 radical (unpaired) electrons. The van der Waals surface area contributed by atoms with Crippen molar-refractivity contribution >= 4 is 33.5 Å². The molecule has 1 aromatic carbocycles. The van der Waals surface area contributed by atoms with Gasteiger partial charge in [-0.3, -0.25) is 0 Å². The first-order valence-electron chi connectivity index (χ1n) is 5.41. The highest BCUT2D eigenvalue weighted by Gasteiger charge is 2.00. The van der Waals surface area contributed by atoms with Crippen LogP contribution in [0.15, 0.2) is 56.9 Å². The summed E-state index contributed by atoms with van der Waals surface area (Å²) in [7, 11) is 0. The molecule has 0 bridgehead atoms. The summed E-state index contributed by atoms with van der Waals surface area (Å²) >= 11 is 5.21. The van der Waals surface area contributed by atoms with Gasteiger partial charge in [0.2, 0.25) is 0 Å². The molecule has 88 valence electrons. The van der Waals surface area contributed by atoms with Crippen molar-refractivity contribution < 1.29 is 0 Å². The zero-order valence-electron chi connectivity index (χ0n) is 9.48. The summed E-state index contributed by atoms with van der Waals surface area (Å²) in [5.74, 6) is 0.924. The highest BCUT2D eigenvalue weighted by Crippen LogP contribution is 2.30. The van der Waals surface area contributed by atoms with Crippen molar-refractivity contribution in [3.8, 4) is 0 Å². The molecule has 2 aromatic rings. The Bertz CT molecular complexity index is 502. The van der Waals surface area contributed by atoms with Crippen molar-refractivity contribution in [2.75, 3.05) is 11.9 Å². The van der Waals surface area contributed by atoms with Gasteiger partial charge in [-0.05, 0) is 37.3 Å². The fourth-order valence-corrected chi connectivity index (χ4v) is 2.87. The quantitative estimate of drug-likeness (QED) is 0.904. The average molecular weight is 309 g/mol. The van der Waals surface area contributed by atoms with Crippen LogP contribution in [-0.2, 0) is 0 Å². The third-order valence-electron chi connectivity index (χ3n) is 2.12. The molecular weight excluding hydrogens is 296 g/mol. The van der Waals surface area contributed by atoms with Crippen molar-refractivity contribution in [3.05, 3.63) is 47.1 Å². The lowest BCUT2D eigenvalue weighted by Crippen LogP contribution is -1.98. The third kappa shape index (κ3) is 3.75. The Morgan fingerprint density at radius 3 is 2.82 bits per heavy atom. The predicted octanol–water partition coefficient (Wildman–Crippen LogP) is 4.43. The molecule has 0 aliphatic heterocycles. The van der Waals surface area contributed by atoms with E-state index in [0.717, 1.165) is 16.8 Å². The Morgan fingerprint density at radius 1 is 1.24 bits per heavy atom. The first kappa shape index (κ1) is 12.5. The van der Waals surface area contributed by atoms with E-state index < -0.39 is 0 Å². The Kier molecular flexibility index (Phi) is 4.45. The second-order valence-corrected chi connectivity index (χ2v) is 5.53. The largest absolute Gasteiger partial charge is 0.370 e. The lowest BCUT2D eigenvalue weighted by molar-refractivity contribution is 1.14. The fraction of sp³-hybridized carbons (Fsp3) is 0.154. The Hall–Kier alpha value is -1.00. The van der Waals surface area contributed by atoms with Crippen molar-refractivity contribution in [1.29, 1.82) is 0 Å². The van der Waals surface area contributed by atoms with Gasteiger partial charge in [0.15, 0.2) is 0 Å². The second kappa shape index (κ2) is 6.07. The van der Waals surface area contributed by atoms with Crippen LogP contribution in [0.4, 0.5) is 5.82 Å². The summed E-state index contributed by atoms with van der Waals surface area (Å²) in [6, 6.07) is 12.4. The van der Waals surface area contributed by atoms with E-state index >= 15 is 0 Å². The van der Waals surface area contributed by atoms with E-state index in [-0.39, 0.29) is 0 Å². The van der Waals surface area contributed by atoms with E-state index in [0.29, 0.717) is 0 Å². The van der Waals surface area contributed by atoms with Gasteiger partial charge in [0.05, 0.1) is 0 Å². The number of nitrogens with zero attached hydrogens (tertiary/aromatic N) is 1. The van der Waals surface area contributed by atoms with Gasteiger partial charge in [-0.15, -0.1) is 0 Å². The van der Waals surface area contributed by atoms with Crippen LogP contribution in [0.25, 0.3) is 0 Å².